The van der Waals surface area contributed by atoms with E-state index in [4.69, 9.17) is 0 Å². The molecule has 0 aliphatic heterocycles. The maximum atomic E-state index is 13.4. The van der Waals surface area contributed by atoms with Gasteiger partial charge in [-0.05, 0) is 24.5 Å². The first kappa shape index (κ1) is 12.5. The molecule has 88 valence electrons. The van der Waals surface area contributed by atoms with Crippen molar-refractivity contribution in [2.75, 3.05) is 6.54 Å². The van der Waals surface area contributed by atoms with Crippen LogP contribution < -0.4 is 5.32 Å². The number of benzene rings is 1. The van der Waals surface area contributed by atoms with Crippen molar-refractivity contribution in [1.82, 2.24) is 5.32 Å². The van der Waals surface area contributed by atoms with Gasteiger partial charge < -0.3 is 10.4 Å². The fourth-order valence-corrected chi connectivity index (χ4v) is 1.24. The standard InChI is InChI=1S/C12H16FNO2/c1-7(2)6-14-12(16)9-4-8(3)11(15)5-10(9)13/h4-5,7,15H,6H2,1-3H3,(H,14,16). The lowest BCUT2D eigenvalue weighted by Crippen LogP contribution is -2.28. The summed E-state index contributed by atoms with van der Waals surface area (Å²) in [5.41, 5.74) is 0.451. The minimum Gasteiger partial charge on any atom is -0.508 e. The summed E-state index contributed by atoms with van der Waals surface area (Å²) in [5.74, 6) is -0.984. The molecule has 1 rings (SSSR count). The molecule has 0 heterocycles. The number of hydrogen-bond acceptors (Lipinski definition) is 2. The number of amides is 1. The zero-order valence-electron chi connectivity index (χ0n) is 9.67. The number of aryl methyl sites for hydroxylation is 1. The Balaban J connectivity index is 2.87. The van der Waals surface area contributed by atoms with Crippen molar-refractivity contribution in [3.8, 4) is 5.75 Å². The normalized spacial score (nSPS) is 10.6. The molecule has 0 fully saturated rings. The quantitative estimate of drug-likeness (QED) is 0.828. The summed E-state index contributed by atoms with van der Waals surface area (Å²) >= 11 is 0. The van der Waals surface area contributed by atoms with Crippen LogP contribution in [0.25, 0.3) is 0 Å². The summed E-state index contributed by atoms with van der Waals surface area (Å²) < 4.78 is 13.4. The molecular formula is C12H16FNO2. The van der Waals surface area contributed by atoms with Crippen LogP contribution in [0, 0.1) is 18.7 Å². The fraction of sp³-hybridized carbons (Fsp3) is 0.417. The predicted molar refractivity (Wildman–Crippen MR) is 60.0 cm³/mol. The Kier molecular flexibility index (Phi) is 3.88. The Labute approximate surface area is 94.3 Å². The van der Waals surface area contributed by atoms with Crippen LogP contribution in [0.2, 0.25) is 0 Å². The summed E-state index contributed by atoms with van der Waals surface area (Å²) in [6.07, 6.45) is 0. The molecule has 4 heteroatoms. The second-order valence-electron chi connectivity index (χ2n) is 4.22. The van der Waals surface area contributed by atoms with E-state index in [0.29, 0.717) is 18.0 Å². The summed E-state index contributed by atoms with van der Waals surface area (Å²) in [4.78, 5) is 11.6. The lowest BCUT2D eigenvalue weighted by molar-refractivity contribution is 0.0945. The molecule has 16 heavy (non-hydrogen) atoms. The summed E-state index contributed by atoms with van der Waals surface area (Å²) in [6, 6.07) is 2.31. The van der Waals surface area contributed by atoms with E-state index in [-0.39, 0.29) is 11.3 Å². The van der Waals surface area contributed by atoms with Crippen molar-refractivity contribution in [3.05, 3.63) is 29.1 Å². The van der Waals surface area contributed by atoms with Gasteiger partial charge in [-0.3, -0.25) is 4.79 Å². The smallest absolute Gasteiger partial charge is 0.254 e. The second kappa shape index (κ2) is 4.96. The molecule has 0 radical (unpaired) electrons. The molecule has 2 N–H and O–H groups in total. The zero-order chi connectivity index (χ0) is 12.3. The number of carbonyl (C=O) groups excluding carboxylic acids is 1. The van der Waals surface area contributed by atoms with Gasteiger partial charge in [0.2, 0.25) is 0 Å². The highest BCUT2D eigenvalue weighted by atomic mass is 19.1. The summed E-state index contributed by atoms with van der Waals surface area (Å²) in [7, 11) is 0. The van der Waals surface area contributed by atoms with Crippen LogP contribution in [-0.2, 0) is 0 Å². The highest BCUT2D eigenvalue weighted by Crippen LogP contribution is 2.20. The van der Waals surface area contributed by atoms with E-state index in [2.05, 4.69) is 5.32 Å². The van der Waals surface area contributed by atoms with Crippen LogP contribution in [0.15, 0.2) is 12.1 Å². The van der Waals surface area contributed by atoms with Crippen LogP contribution in [0.4, 0.5) is 4.39 Å². The molecule has 0 atom stereocenters. The van der Waals surface area contributed by atoms with E-state index in [1.165, 1.54) is 6.07 Å². The van der Waals surface area contributed by atoms with Crippen molar-refractivity contribution in [2.45, 2.75) is 20.8 Å². The molecule has 3 nitrogen and oxygen atoms in total. The lowest BCUT2D eigenvalue weighted by Gasteiger charge is -2.09. The van der Waals surface area contributed by atoms with E-state index in [1.807, 2.05) is 13.8 Å². The highest BCUT2D eigenvalue weighted by molar-refractivity contribution is 5.94. The minimum absolute atomic E-state index is 0.0315. The molecule has 0 spiro atoms. The average Bonchev–Trinajstić information content (AvgIpc) is 2.20. The van der Waals surface area contributed by atoms with Gasteiger partial charge in [0.15, 0.2) is 0 Å². The third-order valence-electron chi connectivity index (χ3n) is 2.20. The zero-order valence-corrected chi connectivity index (χ0v) is 9.67. The van der Waals surface area contributed by atoms with Gasteiger partial charge in [-0.15, -0.1) is 0 Å². The Hall–Kier alpha value is -1.58. The van der Waals surface area contributed by atoms with E-state index in [0.717, 1.165) is 6.07 Å². The molecule has 0 saturated heterocycles. The largest absolute Gasteiger partial charge is 0.508 e. The molecule has 0 aliphatic carbocycles. The van der Waals surface area contributed by atoms with Crippen molar-refractivity contribution in [1.29, 1.82) is 0 Å². The SMILES string of the molecule is Cc1cc(C(=O)NCC(C)C)c(F)cc1O. The summed E-state index contributed by atoms with van der Waals surface area (Å²) in [6.45, 7) is 6.03. The van der Waals surface area contributed by atoms with E-state index in [9.17, 15) is 14.3 Å². The number of phenols is 1. The molecule has 0 unspecified atom stereocenters. The molecule has 0 aromatic heterocycles. The first-order valence-corrected chi connectivity index (χ1v) is 5.19. The van der Waals surface area contributed by atoms with Crippen molar-refractivity contribution >= 4 is 5.91 Å². The topological polar surface area (TPSA) is 49.3 Å². The molecule has 1 aromatic rings. The number of halogens is 1. The average molecular weight is 225 g/mol. The van der Waals surface area contributed by atoms with Crippen molar-refractivity contribution in [3.63, 3.8) is 0 Å². The number of hydrogen-bond donors (Lipinski definition) is 2. The maximum Gasteiger partial charge on any atom is 0.254 e. The first-order valence-electron chi connectivity index (χ1n) is 5.19. The number of rotatable bonds is 3. The molecule has 0 saturated carbocycles. The number of nitrogens with one attached hydrogen (secondary N) is 1. The predicted octanol–water partition coefficient (Wildman–Crippen LogP) is 2.23. The van der Waals surface area contributed by atoms with E-state index in [1.54, 1.807) is 6.92 Å². The van der Waals surface area contributed by atoms with Crippen LogP contribution in [0.1, 0.15) is 29.8 Å². The summed E-state index contributed by atoms with van der Waals surface area (Å²) in [5, 5.41) is 11.9. The molecule has 0 bridgehead atoms. The van der Waals surface area contributed by atoms with Gasteiger partial charge in [0.25, 0.3) is 5.91 Å². The van der Waals surface area contributed by atoms with Gasteiger partial charge in [0, 0.05) is 12.6 Å². The van der Waals surface area contributed by atoms with E-state index < -0.39 is 11.7 Å². The van der Waals surface area contributed by atoms with E-state index >= 15 is 0 Å². The molecule has 0 aliphatic rings. The van der Waals surface area contributed by atoms with Crippen molar-refractivity contribution < 1.29 is 14.3 Å². The Bertz CT molecular complexity index is 402. The third kappa shape index (κ3) is 2.95. The Morgan fingerprint density at radius 3 is 2.69 bits per heavy atom. The van der Waals surface area contributed by atoms with Gasteiger partial charge in [-0.1, -0.05) is 13.8 Å². The Morgan fingerprint density at radius 2 is 2.12 bits per heavy atom. The molecule has 1 aromatic carbocycles. The van der Waals surface area contributed by atoms with Crippen molar-refractivity contribution in [2.24, 2.45) is 5.92 Å². The second-order valence-corrected chi connectivity index (χ2v) is 4.22. The van der Waals surface area contributed by atoms with Gasteiger partial charge >= 0.3 is 0 Å². The van der Waals surface area contributed by atoms with Crippen LogP contribution in [0.5, 0.6) is 5.75 Å². The maximum absolute atomic E-state index is 13.4. The monoisotopic (exact) mass is 225 g/mol. The van der Waals surface area contributed by atoms with Gasteiger partial charge in [-0.25, -0.2) is 4.39 Å². The number of phenolic OH excluding ortho intramolecular Hbond substituents is 1. The minimum atomic E-state index is -0.704. The Morgan fingerprint density at radius 1 is 1.50 bits per heavy atom. The van der Waals surface area contributed by atoms with Gasteiger partial charge in [-0.2, -0.15) is 0 Å². The van der Waals surface area contributed by atoms with Crippen LogP contribution in [0.3, 0.4) is 0 Å². The third-order valence-corrected chi connectivity index (χ3v) is 2.20. The number of carbonyl (C=O) groups is 1. The highest BCUT2D eigenvalue weighted by Gasteiger charge is 2.13. The molecular weight excluding hydrogens is 209 g/mol. The fourth-order valence-electron chi connectivity index (χ4n) is 1.24. The van der Waals surface area contributed by atoms with Crippen LogP contribution in [-0.4, -0.2) is 17.6 Å². The van der Waals surface area contributed by atoms with Crippen LogP contribution >= 0.6 is 0 Å². The molecule has 1 amide bonds. The lowest BCUT2D eigenvalue weighted by atomic mass is 10.1. The number of aromatic hydroxyl groups is 1. The van der Waals surface area contributed by atoms with Gasteiger partial charge in [0.05, 0.1) is 5.56 Å². The van der Waals surface area contributed by atoms with Gasteiger partial charge in [0.1, 0.15) is 11.6 Å². The first-order chi connectivity index (χ1) is 7.41.